The lowest BCUT2D eigenvalue weighted by Gasteiger charge is -2.16. The minimum Gasteiger partial charge on any atom is -0.496 e. The van der Waals surface area contributed by atoms with Crippen molar-refractivity contribution in [3.63, 3.8) is 0 Å². The molecule has 0 fully saturated rings. The number of hydrogen-bond acceptors (Lipinski definition) is 4. The van der Waals surface area contributed by atoms with Crippen molar-refractivity contribution in [3.8, 4) is 0 Å². The van der Waals surface area contributed by atoms with Crippen molar-refractivity contribution >= 4 is 11.4 Å². The van der Waals surface area contributed by atoms with Gasteiger partial charge in [-0.25, -0.2) is 0 Å². The van der Waals surface area contributed by atoms with E-state index < -0.39 is 6.10 Å². The van der Waals surface area contributed by atoms with Crippen molar-refractivity contribution in [2.45, 2.75) is 19.4 Å². The quantitative estimate of drug-likeness (QED) is 0.518. The molecule has 0 radical (unpaired) electrons. The molecule has 0 aliphatic heterocycles. The summed E-state index contributed by atoms with van der Waals surface area (Å²) in [6.45, 7) is 5.96. The number of anilines is 2. The van der Waals surface area contributed by atoms with Crippen LogP contribution < -0.4 is 11.5 Å². The summed E-state index contributed by atoms with van der Waals surface area (Å²) in [5.74, 6) is 0.338. The summed E-state index contributed by atoms with van der Waals surface area (Å²) in [5.41, 5.74) is 13.4. The fourth-order valence-electron chi connectivity index (χ4n) is 1.45. The highest BCUT2D eigenvalue weighted by Crippen LogP contribution is 2.22. The minimum absolute atomic E-state index is 0.317. The summed E-state index contributed by atoms with van der Waals surface area (Å²) in [6.07, 6.45) is -0.468. The molecule has 16 heavy (non-hydrogen) atoms. The van der Waals surface area contributed by atoms with Gasteiger partial charge in [0.1, 0.15) is 11.9 Å². The van der Waals surface area contributed by atoms with E-state index in [1.807, 2.05) is 6.92 Å². The van der Waals surface area contributed by atoms with Crippen LogP contribution in [0.5, 0.6) is 0 Å². The highest BCUT2D eigenvalue weighted by atomic mass is 16.5. The minimum atomic E-state index is -0.785. The van der Waals surface area contributed by atoms with Crippen LogP contribution >= 0.6 is 0 Å². The molecule has 0 amide bonds. The summed E-state index contributed by atoms with van der Waals surface area (Å²) in [7, 11) is 0. The van der Waals surface area contributed by atoms with Gasteiger partial charge in [-0.05, 0) is 19.1 Å². The van der Waals surface area contributed by atoms with Crippen molar-refractivity contribution in [2.75, 3.05) is 18.1 Å². The zero-order chi connectivity index (χ0) is 12.1. The largest absolute Gasteiger partial charge is 0.496 e. The molecule has 0 saturated heterocycles. The first-order valence-electron chi connectivity index (χ1n) is 5.18. The Balaban J connectivity index is 2.76. The molecule has 0 heterocycles. The maximum Gasteiger partial charge on any atom is 0.118 e. The average molecular weight is 222 g/mol. The molecular formula is C12H18N2O2. The molecule has 4 nitrogen and oxygen atoms in total. The number of aliphatic hydroxyl groups is 1. The van der Waals surface area contributed by atoms with Crippen LogP contribution in [0.25, 0.3) is 0 Å². The molecule has 5 N–H and O–H groups in total. The molecule has 0 aliphatic rings. The fraction of sp³-hybridized carbons (Fsp3) is 0.333. The zero-order valence-electron chi connectivity index (χ0n) is 9.44. The summed E-state index contributed by atoms with van der Waals surface area (Å²) in [4.78, 5) is 0. The molecule has 1 atom stereocenters. The van der Waals surface area contributed by atoms with Gasteiger partial charge in [0.2, 0.25) is 0 Å². The first kappa shape index (κ1) is 12.4. The second kappa shape index (κ2) is 5.42. The second-order valence-electron chi connectivity index (χ2n) is 3.53. The van der Waals surface area contributed by atoms with Gasteiger partial charge in [-0.15, -0.1) is 0 Å². The number of nitrogen functional groups attached to an aromatic ring is 2. The number of rotatable bonds is 5. The van der Waals surface area contributed by atoms with E-state index in [1.165, 1.54) is 0 Å². The number of nitrogens with two attached hydrogens (primary N) is 2. The molecule has 0 spiro atoms. The van der Waals surface area contributed by atoms with E-state index in [-0.39, 0.29) is 0 Å². The van der Waals surface area contributed by atoms with Crippen molar-refractivity contribution in [2.24, 2.45) is 0 Å². The standard InChI is InChI=1S/C12H18N2O2/c1-3-16-8(2)12(15)7-9-10(13)5-4-6-11(9)14/h4-6,12,15H,2-3,7,13-14H2,1H3. The molecule has 1 unspecified atom stereocenters. The van der Waals surface area contributed by atoms with Crippen LogP contribution in [0.4, 0.5) is 11.4 Å². The maximum atomic E-state index is 9.82. The third-order valence-electron chi connectivity index (χ3n) is 2.35. The van der Waals surface area contributed by atoms with Gasteiger partial charge < -0.3 is 21.3 Å². The molecule has 0 aliphatic carbocycles. The normalized spacial score (nSPS) is 12.1. The third-order valence-corrected chi connectivity index (χ3v) is 2.35. The number of aliphatic hydroxyl groups excluding tert-OH is 1. The smallest absolute Gasteiger partial charge is 0.118 e. The first-order chi connectivity index (χ1) is 7.56. The lowest BCUT2D eigenvalue weighted by Crippen LogP contribution is -2.17. The van der Waals surface area contributed by atoms with E-state index in [9.17, 15) is 5.11 Å². The summed E-state index contributed by atoms with van der Waals surface area (Å²) < 4.78 is 5.13. The molecule has 0 aromatic heterocycles. The zero-order valence-corrected chi connectivity index (χ0v) is 9.44. The number of benzene rings is 1. The van der Waals surface area contributed by atoms with Gasteiger partial charge in [0.25, 0.3) is 0 Å². The van der Waals surface area contributed by atoms with Crippen LogP contribution in [-0.4, -0.2) is 17.8 Å². The van der Waals surface area contributed by atoms with Crippen molar-refractivity contribution in [3.05, 3.63) is 36.1 Å². The highest BCUT2D eigenvalue weighted by molar-refractivity contribution is 5.61. The highest BCUT2D eigenvalue weighted by Gasteiger charge is 2.14. The molecule has 0 saturated carbocycles. The Hall–Kier alpha value is -1.68. The molecular weight excluding hydrogens is 204 g/mol. The summed E-state index contributed by atoms with van der Waals surface area (Å²) >= 11 is 0. The van der Waals surface area contributed by atoms with Crippen LogP contribution in [0, 0.1) is 0 Å². The molecule has 1 aromatic rings. The topological polar surface area (TPSA) is 81.5 Å². The lowest BCUT2D eigenvalue weighted by molar-refractivity contribution is 0.109. The number of hydrogen-bond donors (Lipinski definition) is 3. The second-order valence-corrected chi connectivity index (χ2v) is 3.53. The van der Waals surface area contributed by atoms with E-state index in [1.54, 1.807) is 18.2 Å². The van der Waals surface area contributed by atoms with Crippen molar-refractivity contribution in [1.82, 2.24) is 0 Å². The molecule has 4 heteroatoms. The Labute approximate surface area is 95.5 Å². The third kappa shape index (κ3) is 2.90. The Morgan fingerprint density at radius 2 is 2.00 bits per heavy atom. The van der Waals surface area contributed by atoms with E-state index in [0.717, 1.165) is 5.56 Å². The Morgan fingerprint density at radius 3 is 2.50 bits per heavy atom. The van der Waals surface area contributed by atoms with Crippen LogP contribution in [0.15, 0.2) is 30.5 Å². The summed E-state index contributed by atoms with van der Waals surface area (Å²) in [6, 6.07) is 5.28. The first-order valence-corrected chi connectivity index (χ1v) is 5.18. The lowest BCUT2D eigenvalue weighted by atomic mass is 10.0. The van der Waals surface area contributed by atoms with Gasteiger partial charge in [-0.1, -0.05) is 12.6 Å². The van der Waals surface area contributed by atoms with Gasteiger partial charge >= 0.3 is 0 Å². The van der Waals surface area contributed by atoms with Crippen LogP contribution in [0.3, 0.4) is 0 Å². The maximum absolute atomic E-state index is 9.82. The molecule has 0 bridgehead atoms. The van der Waals surface area contributed by atoms with E-state index in [4.69, 9.17) is 16.2 Å². The van der Waals surface area contributed by atoms with Gasteiger partial charge in [0, 0.05) is 23.4 Å². The van der Waals surface area contributed by atoms with Gasteiger partial charge in [-0.2, -0.15) is 0 Å². The summed E-state index contributed by atoms with van der Waals surface area (Å²) in [5, 5.41) is 9.82. The molecule has 1 rings (SSSR count). The molecule has 1 aromatic carbocycles. The monoisotopic (exact) mass is 222 g/mol. The average Bonchev–Trinajstić information content (AvgIpc) is 2.23. The molecule has 88 valence electrons. The van der Waals surface area contributed by atoms with Crippen LogP contribution in [0.2, 0.25) is 0 Å². The van der Waals surface area contributed by atoms with Crippen LogP contribution in [0.1, 0.15) is 12.5 Å². The van der Waals surface area contributed by atoms with Crippen molar-refractivity contribution in [1.29, 1.82) is 0 Å². The predicted octanol–water partition coefficient (Wildman–Crippen LogP) is 1.30. The van der Waals surface area contributed by atoms with E-state index >= 15 is 0 Å². The Kier molecular flexibility index (Phi) is 4.19. The predicted molar refractivity (Wildman–Crippen MR) is 65.7 cm³/mol. The fourth-order valence-corrected chi connectivity index (χ4v) is 1.45. The Morgan fingerprint density at radius 1 is 1.44 bits per heavy atom. The van der Waals surface area contributed by atoms with E-state index in [2.05, 4.69) is 6.58 Å². The number of ether oxygens (including phenoxy) is 1. The van der Waals surface area contributed by atoms with Gasteiger partial charge in [0.15, 0.2) is 0 Å². The van der Waals surface area contributed by atoms with Gasteiger partial charge in [0.05, 0.1) is 6.61 Å². The van der Waals surface area contributed by atoms with Gasteiger partial charge in [-0.3, -0.25) is 0 Å². The van der Waals surface area contributed by atoms with Crippen molar-refractivity contribution < 1.29 is 9.84 Å². The van der Waals surface area contributed by atoms with Crippen LogP contribution in [-0.2, 0) is 11.2 Å². The van der Waals surface area contributed by atoms with E-state index in [0.29, 0.717) is 30.2 Å². The SMILES string of the molecule is C=C(OCC)C(O)Cc1c(N)cccc1N. The Bertz CT molecular complexity index is 357.